The molecule has 0 bridgehead atoms. The van der Waals surface area contributed by atoms with Gasteiger partial charge in [0.05, 0.1) is 11.3 Å². The van der Waals surface area contributed by atoms with Crippen LogP contribution in [0.4, 0.5) is 0 Å². The minimum absolute atomic E-state index is 0.211. The van der Waals surface area contributed by atoms with Gasteiger partial charge in [-0.15, -0.1) is 0 Å². The van der Waals surface area contributed by atoms with E-state index in [0.717, 1.165) is 16.0 Å². The van der Waals surface area contributed by atoms with Gasteiger partial charge in [-0.1, -0.05) is 6.08 Å². The number of dihydropyridines is 1. The van der Waals surface area contributed by atoms with Gasteiger partial charge in [0.25, 0.3) is 0 Å². The van der Waals surface area contributed by atoms with Gasteiger partial charge in [0.15, 0.2) is 11.9 Å². The maximum Gasteiger partial charge on any atom is 0.337 e. The first-order valence-corrected chi connectivity index (χ1v) is 5.70. The first-order chi connectivity index (χ1) is 8.68. The lowest BCUT2D eigenvalue weighted by Gasteiger charge is -2.19. The maximum atomic E-state index is 11.7. The van der Waals surface area contributed by atoms with Crippen LogP contribution in [0.25, 0.3) is 0 Å². The minimum atomic E-state index is -0.312. The maximum absolute atomic E-state index is 11.7. The van der Waals surface area contributed by atoms with E-state index in [2.05, 4.69) is 5.32 Å². The molecule has 1 atom stereocenters. The van der Waals surface area contributed by atoms with Crippen LogP contribution >= 0.6 is 0 Å². The molecule has 5 heteroatoms. The summed E-state index contributed by atoms with van der Waals surface area (Å²) in [6.07, 6.45) is 5.10. The molecule has 18 heavy (non-hydrogen) atoms. The van der Waals surface area contributed by atoms with Crippen molar-refractivity contribution in [1.82, 2.24) is 5.32 Å². The zero-order chi connectivity index (χ0) is 12.7. The predicted molar refractivity (Wildman–Crippen MR) is 63.1 cm³/mol. The molecular weight excluding hydrogens is 232 g/mol. The topological polar surface area (TPSA) is 65.3 Å². The van der Waals surface area contributed by atoms with Crippen LogP contribution < -0.4 is 10.0 Å². The van der Waals surface area contributed by atoms with Gasteiger partial charge in [0, 0.05) is 24.5 Å². The largest absolute Gasteiger partial charge is 0.619 e. The third kappa shape index (κ3) is 1.48. The van der Waals surface area contributed by atoms with E-state index in [4.69, 9.17) is 4.74 Å². The molecule has 1 N–H and O–H groups in total. The van der Waals surface area contributed by atoms with Crippen LogP contribution in [0.15, 0.2) is 41.9 Å². The highest BCUT2D eigenvalue weighted by Gasteiger charge is 2.34. The highest BCUT2D eigenvalue weighted by Crippen LogP contribution is 2.34. The third-order valence-corrected chi connectivity index (χ3v) is 3.33. The fraction of sp³-hybridized carbons (Fsp3) is 0.231. The monoisotopic (exact) mass is 244 g/mol. The fourth-order valence-electron chi connectivity index (χ4n) is 2.36. The van der Waals surface area contributed by atoms with Crippen molar-refractivity contribution < 1.29 is 14.3 Å². The van der Waals surface area contributed by atoms with Gasteiger partial charge >= 0.3 is 5.97 Å². The highest BCUT2D eigenvalue weighted by atomic mass is 16.5. The Hall–Kier alpha value is -2.30. The van der Waals surface area contributed by atoms with Crippen molar-refractivity contribution in [3.05, 3.63) is 58.3 Å². The number of esters is 1. The Morgan fingerprint density at radius 2 is 2.39 bits per heavy atom. The van der Waals surface area contributed by atoms with Crippen molar-refractivity contribution in [1.29, 1.82) is 0 Å². The number of aromatic nitrogens is 1. The molecule has 0 amide bonds. The molecule has 0 aliphatic carbocycles. The Morgan fingerprint density at radius 1 is 1.56 bits per heavy atom. The van der Waals surface area contributed by atoms with Gasteiger partial charge in [0.2, 0.25) is 0 Å². The van der Waals surface area contributed by atoms with E-state index in [1.165, 1.54) is 6.20 Å². The molecule has 2 aliphatic heterocycles. The number of carbonyl (C=O) groups is 1. The average Bonchev–Trinajstić information content (AvgIpc) is 2.75. The number of hydrogen-bond donors (Lipinski definition) is 1. The highest BCUT2D eigenvalue weighted by molar-refractivity contribution is 5.94. The van der Waals surface area contributed by atoms with E-state index in [1.54, 1.807) is 19.2 Å². The number of nitrogens with one attached hydrogen (secondary N) is 1. The van der Waals surface area contributed by atoms with Crippen LogP contribution in [0.1, 0.15) is 17.2 Å². The van der Waals surface area contributed by atoms with Gasteiger partial charge in [-0.2, -0.15) is 4.73 Å². The fourth-order valence-corrected chi connectivity index (χ4v) is 2.36. The summed E-state index contributed by atoms with van der Waals surface area (Å²) >= 11 is 0. The molecule has 1 aromatic rings. The van der Waals surface area contributed by atoms with Gasteiger partial charge in [0.1, 0.15) is 6.61 Å². The summed E-state index contributed by atoms with van der Waals surface area (Å²) in [4.78, 5) is 11.7. The first-order valence-electron chi connectivity index (χ1n) is 5.70. The van der Waals surface area contributed by atoms with E-state index >= 15 is 0 Å². The molecule has 3 rings (SSSR count). The summed E-state index contributed by atoms with van der Waals surface area (Å²) in [6, 6.07) is 3.55. The normalized spacial score (nSPS) is 21.6. The molecule has 0 aromatic carbocycles. The summed E-state index contributed by atoms with van der Waals surface area (Å²) in [5, 5.41) is 14.6. The Labute approximate surface area is 104 Å². The molecule has 92 valence electrons. The minimum Gasteiger partial charge on any atom is -0.619 e. The Morgan fingerprint density at radius 3 is 3.22 bits per heavy atom. The van der Waals surface area contributed by atoms with Gasteiger partial charge in [-0.05, 0) is 12.3 Å². The molecule has 1 unspecified atom stereocenters. The lowest BCUT2D eigenvalue weighted by molar-refractivity contribution is -0.612. The summed E-state index contributed by atoms with van der Waals surface area (Å²) in [5.41, 5.74) is 2.82. The van der Waals surface area contributed by atoms with Gasteiger partial charge in [-0.25, -0.2) is 4.79 Å². The molecule has 5 nitrogen and oxygen atoms in total. The van der Waals surface area contributed by atoms with Crippen molar-refractivity contribution in [2.75, 3.05) is 6.61 Å². The molecule has 1 aromatic heterocycles. The van der Waals surface area contributed by atoms with Crippen LogP contribution in [0.5, 0.6) is 0 Å². The summed E-state index contributed by atoms with van der Waals surface area (Å²) < 4.78 is 5.83. The predicted octanol–water partition coefficient (Wildman–Crippen LogP) is 0.640. The number of pyridine rings is 1. The van der Waals surface area contributed by atoms with E-state index in [1.807, 2.05) is 12.1 Å². The van der Waals surface area contributed by atoms with Crippen LogP contribution in [0.3, 0.4) is 0 Å². The summed E-state index contributed by atoms with van der Waals surface area (Å²) in [6.45, 7) is 2.02. The Kier molecular flexibility index (Phi) is 2.33. The van der Waals surface area contributed by atoms with Crippen molar-refractivity contribution in [3.63, 3.8) is 0 Å². The molecule has 0 saturated heterocycles. The SMILES string of the molecule is Cc1c(C2C=CNC3=C2C(=O)OC3)ccc[n+]1[O-]. The molecule has 0 saturated carbocycles. The molecule has 0 radical (unpaired) electrons. The van der Waals surface area contributed by atoms with Crippen molar-refractivity contribution in [2.45, 2.75) is 12.8 Å². The number of allylic oxidation sites excluding steroid dienone is 1. The average molecular weight is 244 g/mol. The van der Waals surface area contributed by atoms with Crippen LogP contribution in [0.2, 0.25) is 0 Å². The Balaban J connectivity index is 2.11. The molecule has 0 spiro atoms. The number of rotatable bonds is 1. The zero-order valence-electron chi connectivity index (χ0n) is 9.84. The lowest BCUT2D eigenvalue weighted by Crippen LogP contribution is -2.32. The summed E-state index contributed by atoms with van der Waals surface area (Å²) in [5.74, 6) is -0.523. The number of ether oxygens (including phenoxy) is 1. The van der Waals surface area contributed by atoms with Gasteiger partial charge < -0.3 is 15.3 Å². The van der Waals surface area contributed by atoms with E-state index in [0.29, 0.717) is 11.3 Å². The standard InChI is InChI=1S/C13H12N2O3/c1-8-9(3-2-6-15(8)17)10-4-5-14-11-7-18-13(16)12(10)11/h2-6,10,14H,7H2,1H3. The zero-order valence-corrected chi connectivity index (χ0v) is 9.84. The molecule has 0 fully saturated rings. The van der Waals surface area contributed by atoms with Crippen LogP contribution in [-0.4, -0.2) is 12.6 Å². The molecular formula is C13H12N2O3. The quantitative estimate of drug-likeness (QED) is 0.447. The van der Waals surface area contributed by atoms with E-state index in [9.17, 15) is 10.0 Å². The van der Waals surface area contributed by atoms with Crippen molar-refractivity contribution in [2.24, 2.45) is 0 Å². The van der Waals surface area contributed by atoms with Crippen LogP contribution in [-0.2, 0) is 9.53 Å². The Bertz CT molecular complexity index is 590. The van der Waals surface area contributed by atoms with E-state index < -0.39 is 0 Å². The van der Waals surface area contributed by atoms with E-state index in [-0.39, 0.29) is 18.5 Å². The second-order valence-electron chi connectivity index (χ2n) is 4.32. The summed E-state index contributed by atoms with van der Waals surface area (Å²) in [7, 11) is 0. The number of cyclic esters (lactones) is 1. The first kappa shape index (κ1) is 10.8. The third-order valence-electron chi connectivity index (χ3n) is 3.33. The molecule has 2 aliphatic rings. The lowest BCUT2D eigenvalue weighted by atomic mass is 9.88. The van der Waals surface area contributed by atoms with Crippen LogP contribution in [0, 0.1) is 12.1 Å². The van der Waals surface area contributed by atoms with Crippen molar-refractivity contribution >= 4 is 5.97 Å². The number of nitrogens with zero attached hydrogens (tertiary/aromatic N) is 1. The van der Waals surface area contributed by atoms with Crippen molar-refractivity contribution in [3.8, 4) is 0 Å². The number of carbonyl (C=O) groups excluding carboxylic acids is 1. The smallest absolute Gasteiger partial charge is 0.337 e. The molecule has 3 heterocycles. The second-order valence-corrected chi connectivity index (χ2v) is 4.32. The second kappa shape index (κ2) is 3.87. The number of hydrogen-bond acceptors (Lipinski definition) is 4. The van der Waals surface area contributed by atoms with Gasteiger partial charge in [-0.3, -0.25) is 0 Å².